The van der Waals surface area contributed by atoms with Gasteiger partial charge < -0.3 is 14.2 Å². The molecular formula is C19H24N2O3. The average Bonchev–Trinajstić information content (AvgIpc) is 3.36. The van der Waals surface area contributed by atoms with Gasteiger partial charge in [-0.15, -0.1) is 0 Å². The molecule has 1 saturated heterocycles. The molecule has 4 rings (SSSR count). The lowest BCUT2D eigenvalue weighted by molar-refractivity contribution is 0.141. The fraction of sp³-hybridized carbons (Fsp3) is 0.526. The van der Waals surface area contributed by atoms with E-state index in [1.807, 2.05) is 18.2 Å². The molecule has 0 N–H and O–H groups in total. The number of ether oxygens (including phenoxy) is 3. The van der Waals surface area contributed by atoms with Crippen molar-refractivity contribution in [3.8, 4) is 22.8 Å². The normalized spacial score (nSPS) is 21.3. The van der Waals surface area contributed by atoms with Crippen molar-refractivity contribution in [1.82, 2.24) is 9.78 Å². The number of hydrogen-bond donors (Lipinski definition) is 0. The molecule has 5 nitrogen and oxygen atoms in total. The molecule has 2 heterocycles. The van der Waals surface area contributed by atoms with Crippen molar-refractivity contribution in [2.75, 3.05) is 20.3 Å². The first-order valence-corrected chi connectivity index (χ1v) is 8.81. The second kappa shape index (κ2) is 6.85. The van der Waals surface area contributed by atoms with Crippen molar-refractivity contribution in [2.45, 2.75) is 44.2 Å². The summed E-state index contributed by atoms with van der Waals surface area (Å²) in [6.45, 7) is 1.41. The lowest BCUT2D eigenvalue weighted by Crippen LogP contribution is -2.16. The van der Waals surface area contributed by atoms with Crippen LogP contribution in [0.5, 0.6) is 11.5 Å². The number of methoxy groups -OCH3 is 1. The van der Waals surface area contributed by atoms with E-state index in [2.05, 4.69) is 16.9 Å². The van der Waals surface area contributed by atoms with Gasteiger partial charge in [-0.25, -0.2) is 0 Å². The monoisotopic (exact) mass is 328 g/mol. The van der Waals surface area contributed by atoms with Crippen molar-refractivity contribution in [3.05, 3.63) is 30.5 Å². The Morgan fingerprint density at radius 3 is 2.79 bits per heavy atom. The summed E-state index contributed by atoms with van der Waals surface area (Å²) in [5.41, 5.74) is 1.97. The zero-order chi connectivity index (χ0) is 16.4. The highest BCUT2D eigenvalue weighted by molar-refractivity contribution is 5.68. The number of benzene rings is 1. The summed E-state index contributed by atoms with van der Waals surface area (Å²) >= 11 is 0. The van der Waals surface area contributed by atoms with Crippen LogP contribution in [0.2, 0.25) is 0 Å². The lowest BCUT2D eigenvalue weighted by atomic mass is 10.1. The van der Waals surface area contributed by atoms with Crippen LogP contribution in [0, 0.1) is 0 Å². The molecule has 1 aromatic heterocycles. The highest BCUT2D eigenvalue weighted by atomic mass is 16.5. The molecule has 5 heteroatoms. The predicted molar refractivity (Wildman–Crippen MR) is 91.6 cm³/mol. The second-order valence-electron chi connectivity index (χ2n) is 6.58. The highest BCUT2D eigenvalue weighted by Gasteiger charge is 2.22. The second-order valence-corrected chi connectivity index (χ2v) is 6.58. The first-order valence-electron chi connectivity index (χ1n) is 8.81. The average molecular weight is 328 g/mol. The van der Waals surface area contributed by atoms with Gasteiger partial charge in [0.15, 0.2) is 0 Å². The zero-order valence-corrected chi connectivity index (χ0v) is 14.1. The summed E-state index contributed by atoms with van der Waals surface area (Å²) in [6, 6.07) is 8.57. The van der Waals surface area contributed by atoms with Gasteiger partial charge in [-0.1, -0.05) is 12.8 Å². The molecule has 0 spiro atoms. The van der Waals surface area contributed by atoms with E-state index in [0.29, 0.717) is 12.6 Å². The van der Waals surface area contributed by atoms with Crippen LogP contribution >= 0.6 is 0 Å². The Hall–Kier alpha value is -2.01. The van der Waals surface area contributed by atoms with E-state index in [1.54, 1.807) is 7.11 Å². The Balaban J connectivity index is 1.63. The van der Waals surface area contributed by atoms with Crippen LogP contribution in [-0.4, -0.2) is 36.2 Å². The largest absolute Gasteiger partial charge is 0.497 e. The fourth-order valence-corrected chi connectivity index (χ4v) is 3.58. The SMILES string of the molecule is COc1ccc(-c2ccn(C3CCCC3)n2)c(O[C@@H]2CCOC2)c1. The summed E-state index contributed by atoms with van der Waals surface area (Å²) < 4.78 is 19.1. The first-order chi connectivity index (χ1) is 11.8. The van der Waals surface area contributed by atoms with Crippen LogP contribution in [0.4, 0.5) is 0 Å². The van der Waals surface area contributed by atoms with Crippen LogP contribution in [0.3, 0.4) is 0 Å². The van der Waals surface area contributed by atoms with Crippen molar-refractivity contribution >= 4 is 0 Å². The minimum Gasteiger partial charge on any atom is -0.497 e. The van der Waals surface area contributed by atoms with Gasteiger partial charge in [0.05, 0.1) is 32.1 Å². The highest BCUT2D eigenvalue weighted by Crippen LogP contribution is 2.35. The van der Waals surface area contributed by atoms with Crippen LogP contribution in [0.1, 0.15) is 38.1 Å². The molecule has 0 radical (unpaired) electrons. The smallest absolute Gasteiger partial charge is 0.133 e. The summed E-state index contributed by atoms with van der Waals surface area (Å²) in [7, 11) is 1.67. The molecule has 0 unspecified atom stereocenters. The maximum absolute atomic E-state index is 6.18. The summed E-state index contributed by atoms with van der Waals surface area (Å²) in [6.07, 6.45) is 8.19. The molecule has 2 fully saturated rings. The van der Waals surface area contributed by atoms with Gasteiger partial charge in [0.1, 0.15) is 17.6 Å². The van der Waals surface area contributed by atoms with Gasteiger partial charge in [-0.3, -0.25) is 4.68 Å². The quantitative estimate of drug-likeness (QED) is 0.836. The van der Waals surface area contributed by atoms with Gasteiger partial charge in [0, 0.05) is 24.2 Å². The van der Waals surface area contributed by atoms with E-state index in [0.717, 1.165) is 35.8 Å². The maximum Gasteiger partial charge on any atom is 0.133 e. The number of hydrogen-bond acceptors (Lipinski definition) is 4. The van der Waals surface area contributed by atoms with Gasteiger partial charge in [-0.2, -0.15) is 5.10 Å². The molecule has 2 aromatic rings. The maximum atomic E-state index is 6.18. The molecule has 128 valence electrons. The fourth-order valence-electron chi connectivity index (χ4n) is 3.58. The molecule has 2 aliphatic rings. The minimum absolute atomic E-state index is 0.104. The van der Waals surface area contributed by atoms with E-state index >= 15 is 0 Å². The van der Waals surface area contributed by atoms with E-state index in [-0.39, 0.29) is 6.10 Å². The number of nitrogens with zero attached hydrogens (tertiary/aromatic N) is 2. The minimum atomic E-state index is 0.104. The number of rotatable bonds is 5. The Morgan fingerprint density at radius 1 is 1.17 bits per heavy atom. The van der Waals surface area contributed by atoms with E-state index < -0.39 is 0 Å². The van der Waals surface area contributed by atoms with Crippen LogP contribution in [0.15, 0.2) is 30.5 Å². The molecule has 0 amide bonds. The van der Waals surface area contributed by atoms with Crippen molar-refractivity contribution in [2.24, 2.45) is 0 Å². The van der Waals surface area contributed by atoms with Crippen molar-refractivity contribution in [1.29, 1.82) is 0 Å². The van der Waals surface area contributed by atoms with Gasteiger partial charge in [0.2, 0.25) is 0 Å². The Morgan fingerprint density at radius 2 is 2.04 bits per heavy atom. The Bertz CT molecular complexity index is 686. The van der Waals surface area contributed by atoms with Crippen molar-refractivity contribution < 1.29 is 14.2 Å². The van der Waals surface area contributed by atoms with E-state index in [4.69, 9.17) is 19.3 Å². The third kappa shape index (κ3) is 3.13. The third-order valence-electron chi connectivity index (χ3n) is 4.95. The Kier molecular flexibility index (Phi) is 4.43. The number of aromatic nitrogens is 2. The molecule has 24 heavy (non-hydrogen) atoms. The molecule has 1 atom stereocenters. The summed E-state index contributed by atoms with van der Waals surface area (Å²) in [5.74, 6) is 1.62. The van der Waals surface area contributed by atoms with E-state index in [1.165, 1.54) is 25.7 Å². The zero-order valence-electron chi connectivity index (χ0n) is 14.1. The standard InChI is InChI=1S/C19H24N2O3/c1-22-15-6-7-17(19(12-15)24-16-9-11-23-13-16)18-8-10-21(20-18)14-4-2-3-5-14/h6-8,10,12,14,16H,2-5,9,11,13H2,1H3/t16-/m1/s1. The predicted octanol–water partition coefficient (Wildman–Crippen LogP) is 3.84. The van der Waals surface area contributed by atoms with Crippen LogP contribution in [-0.2, 0) is 4.74 Å². The van der Waals surface area contributed by atoms with E-state index in [9.17, 15) is 0 Å². The topological polar surface area (TPSA) is 45.5 Å². The lowest BCUT2D eigenvalue weighted by Gasteiger charge is -2.16. The molecule has 1 aliphatic carbocycles. The molecule has 0 bridgehead atoms. The van der Waals surface area contributed by atoms with Crippen molar-refractivity contribution in [3.63, 3.8) is 0 Å². The Labute approximate surface area is 142 Å². The molecule has 1 aromatic carbocycles. The van der Waals surface area contributed by atoms with Crippen LogP contribution < -0.4 is 9.47 Å². The van der Waals surface area contributed by atoms with Gasteiger partial charge in [-0.05, 0) is 31.0 Å². The molecule has 1 saturated carbocycles. The third-order valence-corrected chi connectivity index (χ3v) is 4.95. The molecule has 1 aliphatic heterocycles. The summed E-state index contributed by atoms with van der Waals surface area (Å²) in [5, 5.41) is 4.82. The van der Waals surface area contributed by atoms with Gasteiger partial charge >= 0.3 is 0 Å². The van der Waals surface area contributed by atoms with Crippen LogP contribution in [0.25, 0.3) is 11.3 Å². The molecular weight excluding hydrogens is 304 g/mol. The van der Waals surface area contributed by atoms with Gasteiger partial charge in [0.25, 0.3) is 0 Å². The summed E-state index contributed by atoms with van der Waals surface area (Å²) in [4.78, 5) is 0. The first kappa shape index (κ1) is 15.5.